The standard InChI is InChI=1S/C18H19N3O5/c1-21(2)18(25)11-6-3-7-12(15(11)22)20-14-13(16(23)17(14)24)19-9-10-5-4-8-26-10/h3-8,16,19-20,22-23H,9H2,1-2H3. The Hall–Kier alpha value is -3.26. The zero-order chi connectivity index (χ0) is 18.8. The van der Waals surface area contributed by atoms with E-state index in [1.165, 1.54) is 23.3 Å². The molecule has 1 amide bonds. The third-order valence-corrected chi connectivity index (χ3v) is 4.00. The molecular formula is C18H19N3O5. The Labute approximate surface area is 149 Å². The van der Waals surface area contributed by atoms with Gasteiger partial charge in [0, 0.05) is 14.1 Å². The molecule has 0 saturated carbocycles. The van der Waals surface area contributed by atoms with Crippen LogP contribution in [0.25, 0.3) is 0 Å². The second kappa shape index (κ2) is 6.93. The molecule has 8 heteroatoms. The average molecular weight is 357 g/mol. The molecule has 1 atom stereocenters. The van der Waals surface area contributed by atoms with Crippen LogP contribution in [0.5, 0.6) is 5.75 Å². The van der Waals surface area contributed by atoms with Gasteiger partial charge in [-0.15, -0.1) is 0 Å². The van der Waals surface area contributed by atoms with Gasteiger partial charge in [0.2, 0.25) is 5.78 Å². The van der Waals surface area contributed by atoms with Crippen LogP contribution < -0.4 is 10.6 Å². The molecule has 0 spiro atoms. The first-order valence-corrected chi connectivity index (χ1v) is 7.93. The van der Waals surface area contributed by atoms with E-state index >= 15 is 0 Å². The van der Waals surface area contributed by atoms with Gasteiger partial charge in [-0.05, 0) is 24.3 Å². The summed E-state index contributed by atoms with van der Waals surface area (Å²) in [6, 6.07) is 8.12. The Morgan fingerprint density at radius 1 is 1.27 bits per heavy atom. The van der Waals surface area contributed by atoms with Gasteiger partial charge >= 0.3 is 0 Å². The van der Waals surface area contributed by atoms with Crippen LogP contribution in [0.1, 0.15) is 16.1 Å². The molecule has 1 heterocycles. The third kappa shape index (κ3) is 3.14. The van der Waals surface area contributed by atoms with Crippen LogP contribution in [0, 0.1) is 0 Å². The quantitative estimate of drug-likeness (QED) is 0.571. The highest BCUT2D eigenvalue weighted by molar-refractivity contribution is 6.11. The molecule has 2 aromatic rings. The summed E-state index contributed by atoms with van der Waals surface area (Å²) in [4.78, 5) is 25.4. The molecule has 0 bridgehead atoms. The Kier molecular flexibility index (Phi) is 4.68. The predicted octanol–water partition coefficient (Wildman–Crippen LogP) is 1.04. The second-order valence-corrected chi connectivity index (χ2v) is 6.01. The van der Waals surface area contributed by atoms with Crippen LogP contribution in [0.3, 0.4) is 0 Å². The fourth-order valence-electron chi connectivity index (χ4n) is 2.56. The Balaban J connectivity index is 1.83. The van der Waals surface area contributed by atoms with Gasteiger partial charge in [0.25, 0.3) is 5.91 Å². The van der Waals surface area contributed by atoms with Crippen molar-refractivity contribution in [2.45, 2.75) is 12.6 Å². The van der Waals surface area contributed by atoms with Crippen molar-refractivity contribution >= 4 is 17.4 Å². The number of aliphatic hydroxyl groups is 1. The number of anilines is 1. The lowest BCUT2D eigenvalue weighted by Crippen LogP contribution is -2.45. The molecule has 0 fully saturated rings. The number of para-hydroxylation sites is 1. The fourth-order valence-corrected chi connectivity index (χ4v) is 2.56. The number of Topliss-reactive ketones (excluding diaryl/α,β-unsaturated/α-hetero) is 1. The highest BCUT2D eigenvalue weighted by atomic mass is 16.3. The summed E-state index contributed by atoms with van der Waals surface area (Å²) in [6.07, 6.45) is 0.263. The molecule has 4 N–H and O–H groups in total. The lowest BCUT2D eigenvalue weighted by molar-refractivity contribution is -0.124. The third-order valence-electron chi connectivity index (χ3n) is 4.00. The van der Waals surface area contributed by atoms with E-state index < -0.39 is 11.9 Å². The highest BCUT2D eigenvalue weighted by Crippen LogP contribution is 2.32. The smallest absolute Gasteiger partial charge is 0.257 e. The normalized spacial score (nSPS) is 16.3. The maximum absolute atomic E-state index is 12.1. The predicted molar refractivity (Wildman–Crippen MR) is 93.3 cm³/mol. The number of nitrogens with zero attached hydrogens (tertiary/aromatic N) is 1. The molecule has 0 saturated heterocycles. The van der Waals surface area contributed by atoms with Gasteiger partial charge in [-0.25, -0.2) is 0 Å². The van der Waals surface area contributed by atoms with Gasteiger partial charge in [0.05, 0.1) is 29.8 Å². The molecule has 1 unspecified atom stereocenters. The van der Waals surface area contributed by atoms with E-state index in [1.807, 2.05) is 0 Å². The molecule has 0 radical (unpaired) electrons. The van der Waals surface area contributed by atoms with Crippen LogP contribution >= 0.6 is 0 Å². The number of phenolic OH excluding ortho intramolecular Hbond substituents is 1. The molecular weight excluding hydrogens is 338 g/mol. The van der Waals surface area contributed by atoms with E-state index in [2.05, 4.69) is 10.6 Å². The first kappa shape index (κ1) is 17.6. The van der Waals surface area contributed by atoms with Crippen molar-refractivity contribution < 1.29 is 24.2 Å². The maximum atomic E-state index is 12.1. The molecule has 136 valence electrons. The Morgan fingerprint density at radius 2 is 2.04 bits per heavy atom. The monoisotopic (exact) mass is 357 g/mol. The highest BCUT2D eigenvalue weighted by Gasteiger charge is 2.38. The van der Waals surface area contributed by atoms with Crippen LogP contribution in [0.4, 0.5) is 5.69 Å². The second-order valence-electron chi connectivity index (χ2n) is 6.01. The van der Waals surface area contributed by atoms with E-state index in [0.717, 1.165) is 0 Å². The molecule has 1 aliphatic rings. The molecule has 0 aliphatic heterocycles. The summed E-state index contributed by atoms with van der Waals surface area (Å²) in [7, 11) is 3.15. The van der Waals surface area contributed by atoms with Crippen molar-refractivity contribution in [2.24, 2.45) is 0 Å². The zero-order valence-corrected chi connectivity index (χ0v) is 14.3. The van der Waals surface area contributed by atoms with E-state index in [1.54, 1.807) is 32.3 Å². The van der Waals surface area contributed by atoms with Crippen LogP contribution in [0.2, 0.25) is 0 Å². The van der Waals surface area contributed by atoms with Crippen LogP contribution in [0.15, 0.2) is 52.4 Å². The van der Waals surface area contributed by atoms with Crippen molar-refractivity contribution in [3.8, 4) is 5.75 Å². The largest absolute Gasteiger partial charge is 0.505 e. The van der Waals surface area contributed by atoms with Gasteiger partial charge in [-0.1, -0.05) is 6.07 Å². The maximum Gasteiger partial charge on any atom is 0.257 e. The summed E-state index contributed by atoms with van der Waals surface area (Å²) in [5.41, 5.74) is 0.743. The summed E-state index contributed by atoms with van der Waals surface area (Å²) >= 11 is 0. The Morgan fingerprint density at radius 3 is 2.69 bits per heavy atom. The first-order valence-electron chi connectivity index (χ1n) is 7.93. The van der Waals surface area contributed by atoms with Crippen LogP contribution in [-0.2, 0) is 11.3 Å². The number of carbonyl (C=O) groups is 2. The molecule has 1 aliphatic carbocycles. The number of furan rings is 1. The van der Waals surface area contributed by atoms with E-state index in [-0.39, 0.29) is 28.6 Å². The number of rotatable bonds is 6. The first-order chi connectivity index (χ1) is 12.4. The van der Waals surface area contributed by atoms with E-state index in [9.17, 15) is 19.8 Å². The lowest BCUT2D eigenvalue weighted by atomic mass is 9.94. The molecule has 8 nitrogen and oxygen atoms in total. The molecule has 1 aromatic carbocycles. The SMILES string of the molecule is CN(C)C(=O)c1cccc(NC2=C(NCc3ccco3)C(O)C2=O)c1O. The number of aliphatic hydroxyl groups excluding tert-OH is 1. The number of hydrogen-bond acceptors (Lipinski definition) is 7. The van der Waals surface area contributed by atoms with Gasteiger partial charge in [0.1, 0.15) is 11.5 Å². The number of ketones is 1. The van der Waals surface area contributed by atoms with Crippen molar-refractivity contribution in [1.82, 2.24) is 10.2 Å². The number of phenols is 1. The summed E-state index contributed by atoms with van der Waals surface area (Å²) < 4.78 is 5.20. The molecule has 26 heavy (non-hydrogen) atoms. The number of aromatic hydroxyl groups is 1. The number of carbonyl (C=O) groups excluding carboxylic acids is 2. The zero-order valence-electron chi connectivity index (χ0n) is 14.3. The van der Waals surface area contributed by atoms with Crippen molar-refractivity contribution in [3.63, 3.8) is 0 Å². The number of nitrogens with one attached hydrogen (secondary N) is 2. The minimum atomic E-state index is -1.26. The topological polar surface area (TPSA) is 115 Å². The van der Waals surface area contributed by atoms with E-state index in [0.29, 0.717) is 18.0 Å². The molecule has 3 rings (SSSR count). The minimum absolute atomic E-state index is 0.109. The van der Waals surface area contributed by atoms with Gasteiger partial charge in [-0.2, -0.15) is 0 Å². The average Bonchev–Trinajstić information content (AvgIpc) is 3.14. The fraction of sp³-hybridized carbons (Fsp3) is 0.222. The van der Waals surface area contributed by atoms with Crippen molar-refractivity contribution in [3.05, 3.63) is 59.3 Å². The number of hydrogen-bond donors (Lipinski definition) is 4. The number of amides is 1. The van der Waals surface area contributed by atoms with Crippen LogP contribution in [-0.4, -0.2) is 47.0 Å². The summed E-state index contributed by atoms with van der Waals surface area (Å²) in [5.74, 6) is -0.491. The minimum Gasteiger partial charge on any atom is -0.505 e. The number of benzene rings is 1. The summed E-state index contributed by atoms with van der Waals surface area (Å²) in [5, 5.41) is 26.0. The Bertz CT molecular complexity index is 871. The molecule has 1 aromatic heterocycles. The van der Waals surface area contributed by atoms with Gasteiger partial charge < -0.3 is 30.2 Å². The van der Waals surface area contributed by atoms with Crippen molar-refractivity contribution in [1.29, 1.82) is 0 Å². The van der Waals surface area contributed by atoms with E-state index in [4.69, 9.17) is 4.42 Å². The van der Waals surface area contributed by atoms with Gasteiger partial charge in [0.15, 0.2) is 11.9 Å². The lowest BCUT2D eigenvalue weighted by Gasteiger charge is -2.29. The summed E-state index contributed by atoms with van der Waals surface area (Å²) in [6.45, 7) is 0.295. The van der Waals surface area contributed by atoms with Gasteiger partial charge in [-0.3, -0.25) is 9.59 Å². The van der Waals surface area contributed by atoms with Crippen molar-refractivity contribution in [2.75, 3.05) is 19.4 Å².